The van der Waals surface area contributed by atoms with Crippen molar-refractivity contribution in [3.63, 3.8) is 0 Å². The Morgan fingerprint density at radius 3 is 2.40 bits per heavy atom. The maximum absolute atomic E-state index is 8.86. The van der Waals surface area contributed by atoms with Gasteiger partial charge in [-0.15, -0.1) is 0 Å². The standard InChI is InChI=1S/C12H24O2Si/c1-12(2,3)15(4,5)14-11-7-6-10(11)8-9-13/h8,11,13H,6-7,9H2,1-5H3/b10-8-. The van der Waals surface area contributed by atoms with Gasteiger partial charge in [0.2, 0.25) is 0 Å². The van der Waals surface area contributed by atoms with Crippen LogP contribution in [0.2, 0.25) is 18.1 Å². The van der Waals surface area contributed by atoms with Crippen LogP contribution in [0.3, 0.4) is 0 Å². The fourth-order valence-electron chi connectivity index (χ4n) is 1.45. The second-order valence-corrected chi connectivity index (χ2v) is 10.6. The monoisotopic (exact) mass is 228 g/mol. The third kappa shape index (κ3) is 2.92. The van der Waals surface area contributed by atoms with Crippen molar-refractivity contribution in [2.24, 2.45) is 0 Å². The molecule has 88 valence electrons. The van der Waals surface area contributed by atoms with Crippen LogP contribution in [0.15, 0.2) is 11.6 Å². The van der Waals surface area contributed by atoms with E-state index in [9.17, 15) is 0 Å². The lowest BCUT2D eigenvalue weighted by Crippen LogP contribution is -2.46. The van der Waals surface area contributed by atoms with Crippen LogP contribution in [0.25, 0.3) is 0 Å². The van der Waals surface area contributed by atoms with E-state index in [1.54, 1.807) is 0 Å². The van der Waals surface area contributed by atoms with Crippen LogP contribution in [-0.2, 0) is 4.43 Å². The van der Waals surface area contributed by atoms with Gasteiger partial charge in [0.05, 0.1) is 12.7 Å². The molecule has 1 unspecified atom stereocenters. The molecule has 0 aromatic rings. The Kier molecular flexibility index (Phi) is 3.79. The highest BCUT2D eigenvalue weighted by atomic mass is 28.4. The Morgan fingerprint density at radius 2 is 2.07 bits per heavy atom. The van der Waals surface area contributed by atoms with E-state index >= 15 is 0 Å². The van der Waals surface area contributed by atoms with Gasteiger partial charge in [-0.2, -0.15) is 0 Å². The molecule has 15 heavy (non-hydrogen) atoms. The average molecular weight is 228 g/mol. The van der Waals surface area contributed by atoms with Crippen molar-refractivity contribution in [3.05, 3.63) is 11.6 Å². The molecular weight excluding hydrogens is 204 g/mol. The molecule has 0 radical (unpaired) electrons. The van der Waals surface area contributed by atoms with E-state index in [4.69, 9.17) is 9.53 Å². The lowest BCUT2D eigenvalue weighted by Gasteiger charge is -2.43. The number of hydrogen-bond donors (Lipinski definition) is 1. The first-order valence-electron chi connectivity index (χ1n) is 5.75. The van der Waals surface area contributed by atoms with Crippen LogP contribution >= 0.6 is 0 Å². The normalized spacial score (nSPS) is 25.5. The number of hydrogen-bond acceptors (Lipinski definition) is 2. The summed E-state index contributed by atoms with van der Waals surface area (Å²) in [5, 5.41) is 9.13. The number of aliphatic hydroxyl groups is 1. The summed E-state index contributed by atoms with van der Waals surface area (Å²) in [5.41, 5.74) is 1.29. The molecule has 1 aliphatic carbocycles. The van der Waals surface area contributed by atoms with E-state index in [-0.39, 0.29) is 17.7 Å². The summed E-state index contributed by atoms with van der Waals surface area (Å²) in [6.45, 7) is 11.5. The largest absolute Gasteiger partial charge is 0.410 e. The SMILES string of the molecule is CC(C)(C)[Si](C)(C)OC1CC/C1=C/CO. The minimum absolute atomic E-state index is 0.146. The maximum Gasteiger partial charge on any atom is 0.192 e. The van der Waals surface area contributed by atoms with Gasteiger partial charge in [0.15, 0.2) is 8.32 Å². The van der Waals surface area contributed by atoms with Crippen molar-refractivity contribution in [3.8, 4) is 0 Å². The van der Waals surface area contributed by atoms with Gasteiger partial charge in [-0.25, -0.2) is 0 Å². The topological polar surface area (TPSA) is 29.5 Å². The fraction of sp³-hybridized carbons (Fsp3) is 0.833. The molecule has 0 aromatic carbocycles. The highest BCUT2D eigenvalue weighted by molar-refractivity contribution is 6.74. The van der Waals surface area contributed by atoms with E-state index in [1.807, 2.05) is 6.08 Å². The summed E-state index contributed by atoms with van der Waals surface area (Å²) < 4.78 is 6.26. The molecule has 0 aromatic heterocycles. The quantitative estimate of drug-likeness (QED) is 0.594. The van der Waals surface area contributed by atoms with Crippen molar-refractivity contribution in [1.82, 2.24) is 0 Å². The van der Waals surface area contributed by atoms with Crippen molar-refractivity contribution in [1.29, 1.82) is 0 Å². The van der Waals surface area contributed by atoms with E-state index in [0.29, 0.717) is 0 Å². The average Bonchev–Trinajstić information content (AvgIpc) is 2.07. The summed E-state index contributed by atoms with van der Waals surface area (Å²) in [7, 11) is -1.63. The van der Waals surface area contributed by atoms with Gasteiger partial charge in [0.1, 0.15) is 0 Å². The van der Waals surface area contributed by atoms with Crippen LogP contribution in [0, 0.1) is 0 Å². The van der Waals surface area contributed by atoms with Gasteiger partial charge in [-0.1, -0.05) is 26.8 Å². The zero-order valence-corrected chi connectivity index (χ0v) is 11.6. The van der Waals surface area contributed by atoms with Crippen molar-refractivity contribution >= 4 is 8.32 Å². The first kappa shape index (κ1) is 12.9. The third-order valence-corrected chi connectivity index (χ3v) is 8.19. The molecule has 0 saturated heterocycles. The molecule has 1 aliphatic rings. The summed E-state index contributed by atoms with van der Waals surface area (Å²) in [6.07, 6.45) is 4.41. The second-order valence-electron chi connectivity index (χ2n) is 5.87. The van der Waals surface area contributed by atoms with E-state index in [2.05, 4.69) is 33.9 Å². The predicted octanol–water partition coefficient (Wildman–Crippen LogP) is 3.09. The molecular formula is C12H24O2Si. The summed E-state index contributed by atoms with van der Waals surface area (Å²) in [6, 6.07) is 0. The molecule has 1 N–H and O–H groups in total. The fourth-order valence-corrected chi connectivity index (χ4v) is 2.78. The zero-order chi connectivity index (χ0) is 11.7. The number of rotatable bonds is 3. The summed E-state index contributed by atoms with van der Waals surface area (Å²) in [4.78, 5) is 0. The number of aliphatic hydroxyl groups excluding tert-OH is 1. The zero-order valence-electron chi connectivity index (χ0n) is 10.6. The van der Waals surface area contributed by atoms with E-state index in [0.717, 1.165) is 12.8 Å². The molecule has 1 saturated carbocycles. The van der Waals surface area contributed by atoms with Crippen molar-refractivity contribution in [2.75, 3.05) is 6.61 Å². The second kappa shape index (κ2) is 4.40. The first-order valence-corrected chi connectivity index (χ1v) is 8.66. The Morgan fingerprint density at radius 1 is 1.47 bits per heavy atom. The van der Waals surface area contributed by atoms with Crippen molar-refractivity contribution in [2.45, 2.75) is 57.8 Å². The molecule has 1 atom stereocenters. The summed E-state index contributed by atoms with van der Waals surface area (Å²) in [5.74, 6) is 0. The third-order valence-electron chi connectivity index (χ3n) is 3.71. The molecule has 0 spiro atoms. The van der Waals surface area contributed by atoms with E-state index < -0.39 is 8.32 Å². The van der Waals surface area contributed by atoms with Gasteiger partial charge in [0, 0.05) is 0 Å². The minimum atomic E-state index is -1.63. The van der Waals surface area contributed by atoms with Gasteiger partial charge in [-0.3, -0.25) is 0 Å². The lowest BCUT2D eigenvalue weighted by molar-refractivity contribution is 0.161. The Hall–Kier alpha value is -0.123. The minimum Gasteiger partial charge on any atom is -0.410 e. The molecule has 3 heteroatoms. The van der Waals surface area contributed by atoms with Gasteiger partial charge in [-0.05, 0) is 36.5 Å². The Balaban J connectivity index is 2.59. The lowest BCUT2D eigenvalue weighted by atomic mass is 9.89. The Bertz CT molecular complexity index is 251. The Labute approximate surface area is 94.5 Å². The maximum atomic E-state index is 8.86. The molecule has 1 fully saturated rings. The van der Waals surface area contributed by atoms with E-state index in [1.165, 1.54) is 5.57 Å². The predicted molar refractivity (Wildman–Crippen MR) is 66.5 cm³/mol. The van der Waals surface area contributed by atoms with Crippen LogP contribution in [0.4, 0.5) is 0 Å². The highest BCUT2D eigenvalue weighted by Crippen LogP contribution is 2.41. The smallest absolute Gasteiger partial charge is 0.192 e. The first-order chi connectivity index (χ1) is 6.78. The molecule has 0 amide bonds. The highest BCUT2D eigenvalue weighted by Gasteiger charge is 2.41. The molecule has 1 rings (SSSR count). The molecule has 0 aliphatic heterocycles. The van der Waals surface area contributed by atoms with Crippen molar-refractivity contribution < 1.29 is 9.53 Å². The van der Waals surface area contributed by atoms with Gasteiger partial charge in [0.25, 0.3) is 0 Å². The van der Waals surface area contributed by atoms with Gasteiger partial charge < -0.3 is 9.53 Å². The van der Waals surface area contributed by atoms with Crippen LogP contribution in [0.5, 0.6) is 0 Å². The van der Waals surface area contributed by atoms with Gasteiger partial charge >= 0.3 is 0 Å². The molecule has 2 nitrogen and oxygen atoms in total. The van der Waals surface area contributed by atoms with Crippen LogP contribution in [-0.4, -0.2) is 26.1 Å². The molecule has 0 bridgehead atoms. The van der Waals surface area contributed by atoms with Crippen LogP contribution < -0.4 is 0 Å². The molecule has 0 heterocycles. The van der Waals surface area contributed by atoms with Crippen LogP contribution in [0.1, 0.15) is 33.6 Å². The summed E-state index contributed by atoms with van der Waals surface area (Å²) >= 11 is 0.